The van der Waals surface area contributed by atoms with Gasteiger partial charge in [0.15, 0.2) is 0 Å². The number of nitrogens with one attached hydrogen (secondary N) is 2. The second kappa shape index (κ2) is 4.46. The lowest BCUT2D eigenvalue weighted by Crippen LogP contribution is -2.42. The fourth-order valence-electron chi connectivity index (χ4n) is 2.74. The molecule has 1 aliphatic rings. The first kappa shape index (κ1) is 11.8. The number of carbonyl (C=O) groups excluding carboxylic acids is 1. The molecular formula is C13H17N5O. The number of benzene rings is 1. The van der Waals surface area contributed by atoms with Gasteiger partial charge < -0.3 is 16.0 Å². The minimum atomic E-state index is -0.132. The number of H-pyrrole nitrogens is 1. The van der Waals surface area contributed by atoms with Crippen molar-refractivity contribution in [1.82, 2.24) is 15.5 Å². The molecule has 1 aliphatic heterocycles. The van der Waals surface area contributed by atoms with Crippen LogP contribution >= 0.6 is 0 Å². The lowest BCUT2D eigenvalue weighted by atomic mass is 10.1. The van der Waals surface area contributed by atoms with Crippen molar-refractivity contribution in [1.29, 1.82) is 0 Å². The summed E-state index contributed by atoms with van der Waals surface area (Å²) in [4.78, 5) is 14.0. The van der Waals surface area contributed by atoms with Crippen LogP contribution in [-0.4, -0.2) is 35.7 Å². The average Bonchev–Trinajstić information content (AvgIpc) is 3.04. The molecule has 6 heteroatoms. The van der Waals surface area contributed by atoms with Gasteiger partial charge in [-0.2, -0.15) is 5.10 Å². The molecule has 2 aromatic rings. The highest BCUT2D eigenvalue weighted by molar-refractivity contribution is 5.92. The number of rotatable bonds is 2. The third-order valence-corrected chi connectivity index (χ3v) is 3.70. The summed E-state index contributed by atoms with van der Waals surface area (Å²) in [6.07, 6.45) is 3.61. The monoisotopic (exact) mass is 259 g/mol. The molecule has 1 aromatic heterocycles. The molecule has 1 atom stereocenters. The van der Waals surface area contributed by atoms with Crippen molar-refractivity contribution in [3.63, 3.8) is 0 Å². The SMILES string of the molecule is CNC(=O)C1CCCN1c1cc2[nH]ncc2cc1N. The third-order valence-electron chi connectivity index (χ3n) is 3.70. The molecule has 0 radical (unpaired) electrons. The Morgan fingerprint density at radius 1 is 1.58 bits per heavy atom. The highest BCUT2D eigenvalue weighted by Gasteiger charge is 2.31. The molecule has 1 unspecified atom stereocenters. The molecule has 4 N–H and O–H groups in total. The Morgan fingerprint density at radius 3 is 3.21 bits per heavy atom. The first-order valence-electron chi connectivity index (χ1n) is 6.41. The number of nitrogens with two attached hydrogens (primary N) is 1. The van der Waals surface area contributed by atoms with Gasteiger partial charge in [0, 0.05) is 19.0 Å². The standard InChI is InChI=1S/C13H17N5O/c1-15-13(19)11-3-2-4-18(11)12-6-10-8(5-9(12)14)7-16-17-10/h5-7,11H,2-4,14H2,1H3,(H,15,19)(H,16,17). The largest absolute Gasteiger partial charge is 0.397 e. The van der Waals surface area contributed by atoms with E-state index in [2.05, 4.69) is 20.4 Å². The molecule has 2 heterocycles. The quantitative estimate of drug-likeness (QED) is 0.698. The van der Waals surface area contributed by atoms with Crippen molar-refractivity contribution in [2.24, 2.45) is 0 Å². The van der Waals surface area contributed by atoms with Gasteiger partial charge in [-0.3, -0.25) is 9.89 Å². The van der Waals surface area contributed by atoms with Gasteiger partial charge in [-0.1, -0.05) is 0 Å². The van der Waals surface area contributed by atoms with Crippen LogP contribution in [0, 0.1) is 0 Å². The summed E-state index contributed by atoms with van der Waals surface area (Å²) in [5, 5.41) is 10.6. The molecule has 3 rings (SSSR count). The molecule has 0 spiro atoms. The number of fused-ring (bicyclic) bond motifs is 1. The highest BCUT2D eigenvalue weighted by atomic mass is 16.2. The molecule has 1 aromatic carbocycles. The Balaban J connectivity index is 2.02. The van der Waals surface area contributed by atoms with Gasteiger partial charge in [-0.05, 0) is 25.0 Å². The number of hydrogen-bond donors (Lipinski definition) is 3. The van der Waals surface area contributed by atoms with E-state index in [-0.39, 0.29) is 11.9 Å². The summed E-state index contributed by atoms with van der Waals surface area (Å²) in [5.74, 6) is 0.0432. The van der Waals surface area contributed by atoms with E-state index in [0.717, 1.165) is 36.0 Å². The molecule has 1 fully saturated rings. The second-order valence-electron chi connectivity index (χ2n) is 4.83. The Labute approximate surface area is 111 Å². The Morgan fingerprint density at radius 2 is 2.42 bits per heavy atom. The van der Waals surface area contributed by atoms with Crippen molar-refractivity contribution >= 4 is 28.2 Å². The van der Waals surface area contributed by atoms with E-state index in [1.165, 1.54) is 0 Å². The van der Waals surface area contributed by atoms with Gasteiger partial charge in [0.05, 0.1) is 23.1 Å². The summed E-state index contributed by atoms with van der Waals surface area (Å²) in [6.45, 7) is 0.849. The predicted octanol–water partition coefficient (Wildman–Crippen LogP) is 0.860. The number of amides is 1. The molecule has 1 amide bonds. The summed E-state index contributed by atoms with van der Waals surface area (Å²) in [5.41, 5.74) is 8.64. The van der Waals surface area contributed by atoms with Crippen molar-refractivity contribution in [2.75, 3.05) is 24.2 Å². The Kier molecular flexibility index (Phi) is 2.77. The number of aromatic nitrogens is 2. The highest BCUT2D eigenvalue weighted by Crippen LogP contribution is 2.33. The number of nitrogens with zero attached hydrogens (tertiary/aromatic N) is 2. The van der Waals surface area contributed by atoms with Crippen molar-refractivity contribution in [2.45, 2.75) is 18.9 Å². The van der Waals surface area contributed by atoms with Crippen LogP contribution in [-0.2, 0) is 4.79 Å². The number of anilines is 2. The number of aromatic amines is 1. The van der Waals surface area contributed by atoms with Gasteiger partial charge in [0.1, 0.15) is 6.04 Å². The second-order valence-corrected chi connectivity index (χ2v) is 4.83. The third kappa shape index (κ3) is 1.89. The minimum absolute atomic E-state index is 0.0432. The maximum atomic E-state index is 11.9. The van der Waals surface area contributed by atoms with Crippen molar-refractivity contribution < 1.29 is 4.79 Å². The van der Waals surface area contributed by atoms with E-state index in [9.17, 15) is 4.79 Å². The average molecular weight is 259 g/mol. The zero-order valence-corrected chi connectivity index (χ0v) is 10.8. The lowest BCUT2D eigenvalue weighted by molar-refractivity contribution is -0.121. The van der Waals surface area contributed by atoms with Gasteiger partial charge in [-0.25, -0.2) is 0 Å². The Bertz CT molecular complexity index is 621. The van der Waals surface area contributed by atoms with Crippen LogP contribution in [0.4, 0.5) is 11.4 Å². The van der Waals surface area contributed by atoms with Crippen molar-refractivity contribution in [3.8, 4) is 0 Å². The van der Waals surface area contributed by atoms with E-state index >= 15 is 0 Å². The molecule has 0 bridgehead atoms. The number of hydrogen-bond acceptors (Lipinski definition) is 4. The van der Waals surface area contributed by atoms with Crippen LogP contribution in [0.2, 0.25) is 0 Å². The fourth-order valence-corrected chi connectivity index (χ4v) is 2.74. The first-order chi connectivity index (χ1) is 9.20. The summed E-state index contributed by atoms with van der Waals surface area (Å²) < 4.78 is 0. The maximum absolute atomic E-state index is 11.9. The minimum Gasteiger partial charge on any atom is -0.397 e. The first-order valence-corrected chi connectivity index (χ1v) is 6.41. The molecular weight excluding hydrogens is 242 g/mol. The molecule has 0 saturated carbocycles. The van der Waals surface area contributed by atoms with Crippen LogP contribution in [0.1, 0.15) is 12.8 Å². The van der Waals surface area contributed by atoms with E-state index in [0.29, 0.717) is 5.69 Å². The summed E-state index contributed by atoms with van der Waals surface area (Å²) in [7, 11) is 1.67. The van der Waals surface area contributed by atoms with Gasteiger partial charge >= 0.3 is 0 Å². The van der Waals surface area contributed by atoms with Gasteiger partial charge in [0.2, 0.25) is 5.91 Å². The topological polar surface area (TPSA) is 87.0 Å². The van der Waals surface area contributed by atoms with Gasteiger partial charge in [-0.15, -0.1) is 0 Å². The van der Waals surface area contributed by atoms with Crippen LogP contribution in [0.15, 0.2) is 18.3 Å². The normalized spacial score (nSPS) is 19.0. The molecule has 1 saturated heterocycles. The number of likely N-dealkylation sites (N-methyl/N-ethyl adjacent to an activating group) is 1. The van der Waals surface area contributed by atoms with Crippen LogP contribution < -0.4 is 16.0 Å². The molecule has 100 valence electrons. The fraction of sp³-hybridized carbons (Fsp3) is 0.385. The predicted molar refractivity (Wildman–Crippen MR) is 74.9 cm³/mol. The summed E-state index contributed by atoms with van der Waals surface area (Å²) >= 11 is 0. The van der Waals surface area contributed by atoms with Gasteiger partial charge in [0.25, 0.3) is 0 Å². The van der Waals surface area contributed by atoms with E-state index in [1.54, 1.807) is 13.2 Å². The zero-order valence-electron chi connectivity index (χ0n) is 10.8. The zero-order chi connectivity index (χ0) is 13.4. The maximum Gasteiger partial charge on any atom is 0.242 e. The van der Waals surface area contributed by atoms with Crippen LogP contribution in [0.3, 0.4) is 0 Å². The molecule has 0 aliphatic carbocycles. The van der Waals surface area contributed by atoms with E-state index in [4.69, 9.17) is 5.73 Å². The number of nitrogen functional groups attached to an aromatic ring is 1. The van der Waals surface area contributed by atoms with Crippen LogP contribution in [0.25, 0.3) is 10.9 Å². The van der Waals surface area contributed by atoms with Crippen LogP contribution in [0.5, 0.6) is 0 Å². The molecule has 19 heavy (non-hydrogen) atoms. The smallest absolute Gasteiger partial charge is 0.242 e. The Hall–Kier alpha value is -2.24. The van der Waals surface area contributed by atoms with E-state index < -0.39 is 0 Å². The summed E-state index contributed by atoms with van der Waals surface area (Å²) in [6, 6.07) is 3.74. The lowest BCUT2D eigenvalue weighted by Gasteiger charge is -2.26. The van der Waals surface area contributed by atoms with Crippen molar-refractivity contribution in [3.05, 3.63) is 18.3 Å². The van der Waals surface area contributed by atoms with E-state index in [1.807, 2.05) is 12.1 Å². The molecule has 6 nitrogen and oxygen atoms in total. The number of carbonyl (C=O) groups is 1.